The summed E-state index contributed by atoms with van der Waals surface area (Å²) >= 11 is 4.62. The molecule has 0 saturated carbocycles. The molecule has 0 aliphatic carbocycles. The second-order valence-electron chi connectivity index (χ2n) is 5.67. The smallest absolute Gasteiger partial charge is 0.226 e. The molecule has 0 saturated heterocycles. The van der Waals surface area contributed by atoms with Crippen LogP contribution >= 0.6 is 34.4 Å². The van der Waals surface area contributed by atoms with Crippen molar-refractivity contribution < 1.29 is 14.3 Å². The Morgan fingerprint density at radius 3 is 2.68 bits per heavy atom. The van der Waals surface area contributed by atoms with Crippen molar-refractivity contribution in [1.29, 1.82) is 0 Å². The minimum Gasteiger partial charge on any atom is -0.494 e. The molecule has 0 radical (unpaired) electrons. The van der Waals surface area contributed by atoms with Crippen LogP contribution in [0.1, 0.15) is 35.0 Å². The van der Waals surface area contributed by atoms with Crippen molar-refractivity contribution in [3.8, 4) is 5.75 Å². The molecule has 1 N–H and O–H groups in total. The fourth-order valence-electron chi connectivity index (χ4n) is 2.30. The van der Waals surface area contributed by atoms with Crippen LogP contribution in [0.5, 0.6) is 5.75 Å². The first-order valence-corrected chi connectivity index (χ1v) is 11.4. The normalized spacial score (nSPS) is 10.6. The Balaban J connectivity index is 1.43. The first-order valence-electron chi connectivity index (χ1n) is 8.68. The Bertz CT molecular complexity index is 908. The SMILES string of the molecule is CCOc1ccc(C(=O)CCC(=O)Nc2nnc(SCc3cccs3)s2)cc1. The summed E-state index contributed by atoms with van der Waals surface area (Å²) in [5.41, 5.74) is 0.569. The van der Waals surface area contributed by atoms with Gasteiger partial charge in [0.1, 0.15) is 5.75 Å². The average molecular weight is 434 g/mol. The number of ether oxygens (including phenoxy) is 1. The van der Waals surface area contributed by atoms with Crippen LogP contribution in [0.25, 0.3) is 0 Å². The summed E-state index contributed by atoms with van der Waals surface area (Å²) < 4.78 is 6.16. The van der Waals surface area contributed by atoms with Gasteiger partial charge in [0.25, 0.3) is 0 Å². The van der Waals surface area contributed by atoms with E-state index in [0.29, 0.717) is 17.3 Å². The van der Waals surface area contributed by atoms with Crippen LogP contribution in [0.4, 0.5) is 5.13 Å². The lowest BCUT2D eigenvalue weighted by atomic mass is 10.1. The van der Waals surface area contributed by atoms with E-state index in [1.54, 1.807) is 47.4 Å². The van der Waals surface area contributed by atoms with Gasteiger partial charge in [-0.1, -0.05) is 29.2 Å². The van der Waals surface area contributed by atoms with Gasteiger partial charge in [-0.05, 0) is 42.6 Å². The van der Waals surface area contributed by atoms with Crippen molar-refractivity contribution in [1.82, 2.24) is 10.2 Å². The summed E-state index contributed by atoms with van der Waals surface area (Å²) in [6.45, 7) is 2.48. The van der Waals surface area contributed by atoms with Crippen molar-refractivity contribution in [2.24, 2.45) is 0 Å². The van der Waals surface area contributed by atoms with Crippen LogP contribution in [-0.4, -0.2) is 28.5 Å². The van der Waals surface area contributed by atoms with E-state index in [2.05, 4.69) is 21.6 Å². The molecule has 28 heavy (non-hydrogen) atoms. The molecule has 9 heteroatoms. The maximum absolute atomic E-state index is 12.2. The monoisotopic (exact) mass is 433 g/mol. The van der Waals surface area contributed by atoms with Gasteiger partial charge in [0, 0.05) is 29.0 Å². The molecule has 0 aliphatic heterocycles. The Morgan fingerprint density at radius 2 is 1.96 bits per heavy atom. The number of rotatable bonds is 10. The van der Waals surface area contributed by atoms with Gasteiger partial charge in [0.15, 0.2) is 10.1 Å². The number of hydrogen-bond acceptors (Lipinski definition) is 8. The number of amides is 1. The van der Waals surface area contributed by atoms with E-state index in [0.717, 1.165) is 15.8 Å². The zero-order valence-corrected chi connectivity index (χ0v) is 17.7. The van der Waals surface area contributed by atoms with Crippen molar-refractivity contribution in [3.63, 3.8) is 0 Å². The third-order valence-corrected chi connectivity index (χ3v) is 6.72. The molecule has 3 rings (SSSR count). The molecule has 146 valence electrons. The van der Waals surface area contributed by atoms with E-state index in [4.69, 9.17) is 4.74 Å². The lowest BCUT2D eigenvalue weighted by molar-refractivity contribution is -0.116. The maximum Gasteiger partial charge on any atom is 0.226 e. The minimum absolute atomic E-state index is 0.0809. The van der Waals surface area contributed by atoms with Crippen LogP contribution in [0.15, 0.2) is 46.1 Å². The molecule has 2 aromatic heterocycles. The number of anilines is 1. The molecule has 0 atom stereocenters. The van der Waals surface area contributed by atoms with Gasteiger partial charge in [-0.15, -0.1) is 21.5 Å². The number of aromatic nitrogens is 2. The topological polar surface area (TPSA) is 81.2 Å². The average Bonchev–Trinajstić information content (AvgIpc) is 3.37. The summed E-state index contributed by atoms with van der Waals surface area (Å²) in [4.78, 5) is 25.6. The number of nitrogens with one attached hydrogen (secondary N) is 1. The number of benzene rings is 1. The lowest BCUT2D eigenvalue weighted by Gasteiger charge is -2.04. The lowest BCUT2D eigenvalue weighted by Crippen LogP contribution is -2.13. The highest BCUT2D eigenvalue weighted by molar-refractivity contribution is 8.00. The van der Waals surface area contributed by atoms with E-state index in [-0.39, 0.29) is 24.5 Å². The highest BCUT2D eigenvalue weighted by Gasteiger charge is 2.12. The summed E-state index contributed by atoms with van der Waals surface area (Å²) in [5.74, 6) is 1.23. The number of nitrogens with zero attached hydrogens (tertiary/aromatic N) is 2. The maximum atomic E-state index is 12.2. The Labute approximate surface area is 175 Å². The minimum atomic E-state index is -0.245. The van der Waals surface area contributed by atoms with Crippen LogP contribution in [0.2, 0.25) is 0 Å². The second-order valence-corrected chi connectivity index (χ2v) is 8.90. The fourth-order valence-corrected chi connectivity index (χ4v) is 4.84. The quantitative estimate of drug-likeness (QED) is 0.278. The fraction of sp³-hybridized carbons (Fsp3) is 0.263. The summed E-state index contributed by atoms with van der Waals surface area (Å²) in [5, 5.41) is 13.3. The van der Waals surface area contributed by atoms with Crippen molar-refractivity contribution in [3.05, 3.63) is 52.2 Å². The van der Waals surface area contributed by atoms with Crippen molar-refractivity contribution in [2.45, 2.75) is 29.9 Å². The second kappa shape index (κ2) is 10.4. The standard InChI is InChI=1S/C19H19N3O3S3/c1-2-25-14-7-5-13(6-8-14)16(23)9-10-17(24)20-18-21-22-19(28-18)27-12-15-4-3-11-26-15/h3-8,11H,2,9-10,12H2,1H3,(H,20,21,24). The molecule has 0 spiro atoms. The molecular formula is C19H19N3O3S3. The highest BCUT2D eigenvalue weighted by Crippen LogP contribution is 2.29. The summed E-state index contributed by atoms with van der Waals surface area (Å²) in [7, 11) is 0. The highest BCUT2D eigenvalue weighted by atomic mass is 32.2. The van der Waals surface area contributed by atoms with Gasteiger partial charge in [0.05, 0.1) is 6.61 Å². The molecule has 1 amide bonds. The Morgan fingerprint density at radius 1 is 1.14 bits per heavy atom. The molecule has 6 nitrogen and oxygen atoms in total. The Kier molecular flexibility index (Phi) is 7.58. The van der Waals surface area contributed by atoms with Gasteiger partial charge in [-0.25, -0.2) is 0 Å². The van der Waals surface area contributed by atoms with Gasteiger partial charge in [0.2, 0.25) is 11.0 Å². The van der Waals surface area contributed by atoms with Crippen molar-refractivity contribution in [2.75, 3.05) is 11.9 Å². The van der Waals surface area contributed by atoms with E-state index >= 15 is 0 Å². The number of thiophene rings is 1. The molecule has 0 aliphatic rings. The van der Waals surface area contributed by atoms with Gasteiger partial charge < -0.3 is 10.1 Å². The number of Topliss-reactive ketones (excluding diaryl/α,β-unsaturated/α-hetero) is 1. The zero-order chi connectivity index (χ0) is 19.8. The van der Waals surface area contributed by atoms with Crippen LogP contribution in [0, 0.1) is 0 Å². The molecule has 0 bridgehead atoms. The molecule has 0 unspecified atom stereocenters. The first kappa shape index (κ1) is 20.5. The molecule has 0 fully saturated rings. The molecule has 3 aromatic rings. The summed E-state index contributed by atoms with van der Waals surface area (Å²) in [6.07, 6.45) is 0.238. The Hall–Kier alpha value is -2.23. The van der Waals surface area contributed by atoms with E-state index in [1.165, 1.54) is 16.2 Å². The number of carbonyl (C=O) groups excluding carboxylic acids is 2. The van der Waals surface area contributed by atoms with Crippen LogP contribution < -0.4 is 10.1 Å². The molecular weight excluding hydrogens is 414 g/mol. The third-order valence-electron chi connectivity index (χ3n) is 3.64. The van der Waals surface area contributed by atoms with Gasteiger partial charge >= 0.3 is 0 Å². The predicted octanol–water partition coefficient (Wildman–Crippen LogP) is 4.89. The van der Waals surface area contributed by atoms with E-state index in [9.17, 15) is 9.59 Å². The largest absolute Gasteiger partial charge is 0.494 e. The van der Waals surface area contributed by atoms with Crippen LogP contribution in [0.3, 0.4) is 0 Å². The van der Waals surface area contributed by atoms with E-state index < -0.39 is 0 Å². The first-order chi connectivity index (χ1) is 13.6. The van der Waals surface area contributed by atoms with Gasteiger partial charge in [-0.3, -0.25) is 9.59 Å². The third kappa shape index (κ3) is 6.15. The zero-order valence-electron chi connectivity index (χ0n) is 15.2. The van der Waals surface area contributed by atoms with Crippen molar-refractivity contribution >= 4 is 51.3 Å². The number of ketones is 1. The van der Waals surface area contributed by atoms with Crippen LogP contribution in [-0.2, 0) is 10.5 Å². The van der Waals surface area contributed by atoms with Gasteiger partial charge in [-0.2, -0.15) is 0 Å². The number of thioether (sulfide) groups is 1. The molecule has 1 aromatic carbocycles. The van der Waals surface area contributed by atoms with E-state index in [1.807, 2.05) is 18.4 Å². The predicted molar refractivity (Wildman–Crippen MR) is 114 cm³/mol. The number of hydrogen-bond donors (Lipinski definition) is 1. The number of carbonyl (C=O) groups is 2. The summed E-state index contributed by atoms with van der Waals surface area (Å²) in [6, 6.07) is 11.0. The molecule has 2 heterocycles.